The van der Waals surface area contributed by atoms with Crippen LogP contribution in [0.15, 0.2) is 45.8 Å². The average molecular weight is 355 g/mol. The number of likely N-dealkylation sites (N-methyl/N-ethyl adjacent to an activating group) is 1. The molecule has 1 aromatic carbocycles. The Morgan fingerprint density at radius 2 is 2.08 bits per heavy atom. The third-order valence-corrected chi connectivity index (χ3v) is 3.75. The summed E-state index contributed by atoms with van der Waals surface area (Å²) in [5.41, 5.74) is 0.791. The van der Waals surface area contributed by atoms with E-state index in [1.165, 1.54) is 22.7 Å². The van der Waals surface area contributed by atoms with Gasteiger partial charge in [-0.25, -0.2) is 4.98 Å². The van der Waals surface area contributed by atoms with Crippen LogP contribution >= 0.6 is 0 Å². The number of benzene rings is 1. The molecule has 2 aromatic heterocycles. The minimum Gasteiger partial charge on any atom is -0.360 e. The minimum atomic E-state index is -0.416. The largest absolute Gasteiger partial charge is 0.360 e. The highest BCUT2D eigenvalue weighted by atomic mass is 16.5. The minimum absolute atomic E-state index is 0.178. The van der Waals surface area contributed by atoms with Gasteiger partial charge in [0.15, 0.2) is 5.82 Å². The maximum Gasteiger partial charge on any atom is 0.269 e. The van der Waals surface area contributed by atoms with Crippen LogP contribution in [0.1, 0.15) is 5.76 Å². The first-order valence-corrected chi connectivity index (χ1v) is 7.86. The lowest BCUT2D eigenvalue weighted by Crippen LogP contribution is -2.38. The van der Waals surface area contributed by atoms with E-state index in [1.54, 1.807) is 37.3 Å². The Labute approximate surface area is 148 Å². The molecular formula is C17H17N5O4. The van der Waals surface area contributed by atoms with E-state index in [1.807, 2.05) is 0 Å². The van der Waals surface area contributed by atoms with Crippen LogP contribution in [0.5, 0.6) is 0 Å². The highest BCUT2D eigenvalue weighted by molar-refractivity contribution is 5.93. The van der Waals surface area contributed by atoms with E-state index in [9.17, 15) is 14.4 Å². The molecule has 0 saturated carbocycles. The van der Waals surface area contributed by atoms with Crippen LogP contribution in [0.25, 0.3) is 11.0 Å². The number of rotatable bonds is 5. The monoisotopic (exact) mass is 355 g/mol. The van der Waals surface area contributed by atoms with Gasteiger partial charge in [0.05, 0.1) is 23.8 Å². The molecule has 26 heavy (non-hydrogen) atoms. The van der Waals surface area contributed by atoms with Crippen molar-refractivity contribution in [3.8, 4) is 0 Å². The summed E-state index contributed by atoms with van der Waals surface area (Å²) >= 11 is 0. The second kappa shape index (κ2) is 7.18. The fraction of sp³-hybridized carbons (Fsp3) is 0.235. The zero-order chi connectivity index (χ0) is 18.7. The maximum atomic E-state index is 12.4. The van der Waals surface area contributed by atoms with Gasteiger partial charge in [0.1, 0.15) is 12.3 Å². The topological polar surface area (TPSA) is 110 Å². The van der Waals surface area contributed by atoms with E-state index in [0.717, 1.165) is 0 Å². The van der Waals surface area contributed by atoms with Gasteiger partial charge in [0.25, 0.3) is 5.56 Å². The zero-order valence-electron chi connectivity index (χ0n) is 14.3. The smallest absolute Gasteiger partial charge is 0.269 e. The Hall–Kier alpha value is -3.49. The molecule has 0 fully saturated rings. The van der Waals surface area contributed by atoms with Crippen LogP contribution in [0, 0.1) is 6.92 Å². The summed E-state index contributed by atoms with van der Waals surface area (Å²) in [4.78, 5) is 41.8. The Balaban J connectivity index is 1.69. The average Bonchev–Trinajstić information content (AvgIpc) is 3.01. The molecule has 9 heteroatoms. The lowest BCUT2D eigenvalue weighted by atomic mass is 10.3. The fourth-order valence-electron chi connectivity index (χ4n) is 2.45. The molecule has 0 aliphatic carbocycles. The number of hydrogen-bond donors (Lipinski definition) is 1. The lowest BCUT2D eigenvalue weighted by molar-refractivity contribution is -0.133. The summed E-state index contributed by atoms with van der Waals surface area (Å²) in [5.74, 6) is 0.0504. The van der Waals surface area contributed by atoms with Gasteiger partial charge in [-0.15, -0.1) is 0 Å². The van der Waals surface area contributed by atoms with Gasteiger partial charge in [-0.1, -0.05) is 17.3 Å². The summed E-state index contributed by atoms with van der Waals surface area (Å²) in [6.07, 6.45) is 1.18. The number of nitrogens with one attached hydrogen (secondary N) is 1. The normalized spacial score (nSPS) is 10.7. The number of aromatic nitrogens is 3. The first kappa shape index (κ1) is 17.3. The van der Waals surface area contributed by atoms with Gasteiger partial charge in [-0.05, 0) is 19.1 Å². The molecule has 134 valence electrons. The summed E-state index contributed by atoms with van der Waals surface area (Å²) in [7, 11) is 1.49. The molecule has 0 unspecified atom stereocenters. The van der Waals surface area contributed by atoms with Crippen molar-refractivity contribution in [3.63, 3.8) is 0 Å². The summed E-state index contributed by atoms with van der Waals surface area (Å²) in [6.45, 7) is 1.34. The van der Waals surface area contributed by atoms with Crippen LogP contribution in [0.3, 0.4) is 0 Å². The molecule has 0 spiro atoms. The number of hydrogen-bond acceptors (Lipinski definition) is 6. The van der Waals surface area contributed by atoms with Gasteiger partial charge in [0, 0.05) is 13.1 Å². The van der Waals surface area contributed by atoms with Crippen molar-refractivity contribution in [2.75, 3.05) is 18.9 Å². The van der Waals surface area contributed by atoms with Crippen LogP contribution in [0.4, 0.5) is 5.82 Å². The van der Waals surface area contributed by atoms with Crippen molar-refractivity contribution < 1.29 is 14.1 Å². The third kappa shape index (κ3) is 3.77. The second-order valence-electron chi connectivity index (χ2n) is 5.79. The SMILES string of the molecule is Cc1cc(NC(=O)CN(C)C(=O)Cn2c(=O)cnc3ccccc32)no1. The van der Waals surface area contributed by atoms with E-state index >= 15 is 0 Å². The molecule has 2 amide bonds. The van der Waals surface area contributed by atoms with Gasteiger partial charge in [-0.2, -0.15) is 0 Å². The fourth-order valence-corrected chi connectivity index (χ4v) is 2.45. The van der Waals surface area contributed by atoms with Crippen molar-refractivity contribution in [1.82, 2.24) is 19.6 Å². The number of para-hydroxylation sites is 2. The first-order valence-electron chi connectivity index (χ1n) is 7.86. The van der Waals surface area contributed by atoms with Crippen LogP contribution in [-0.2, 0) is 16.1 Å². The van der Waals surface area contributed by atoms with E-state index in [-0.39, 0.29) is 30.4 Å². The molecule has 0 aliphatic rings. The molecule has 0 bridgehead atoms. The first-order chi connectivity index (χ1) is 12.4. The van der Waals surface area contributed by atoms with E-state index in [0.29, 0.717) is 16.8 Å². The van der Waals surface area contributed by atoms with Crippen LogP contribution < -0.4 is 10.9 Å². The van der Waals surface area contributed by atoms with Crippen molar-refractivity contribution in [3.05, 3.63) is 52.6 Å². The van der Waals surface area contributed by atoms with Crippen LogP contribution in [0.2, 0.25) is 0 Å². The number of fused-ring (bicyclic) bond motifs is 1. The van der Waals surface area contributed by atoms with Crippen molar-refractivity contribution in [1.29, 1.82) is 0 Å². The van der Waals surface area contributed by atoms with Gasteiger partial charge in [0.2, 0.25) is 11.8 Å². The molecule has 3 rings (SSSR count). The molecule has 9 nitrogen and oxygen atoms in total. The number of carbonyl (C=O) groups is 2. The molecular weight excluding hydrogens is 338 g/mol. The van der Waals surface area contributed by atoms with Gasteiger partial charge >= 0.3 is 0 Å². The molecule has 0 saturated heterocycles. The summed E-state index contributed by atoms with van der Waals surface area (Å²) < 4.78 is 6.20. The van der Waals surface area contributed by atoms with Crippen molar-refractivity contribution in [2.45, 2.75) is 13.5 Å². The highest BCUT2D eigenvalue weighted by Gasteiger charge is 2.16. The quantitative estimate of drug-likeness (QED) is 0.724. The van der Waals surface area contributed by atoms with Gasteiger partial charge in [-0.3, -0.25) is 19.0 Å². The molecule has 1 N–H and O–H groups in total. The molecule has 2 heterocycles. The van der Waals surface area contributed by atoms with Crippen molar-refractivity contribution >= 4 is 28.7 Å². The Bertz CT molecular complexity index is 1020. The molecule has 0 aliphatic heterocycles. The summed E-state index contributed by atoms with van der Waals surface area (Å²) in [5, 5.41) is 6.20. The van der Waals surface area contributed by atoms with E-state index in [2.05, 4.69) is 15.5 Å². The Morgan fingerprint density at radius 1 is 1.31 bits per heavy atom. The Kier molecular flexibility index (Phi) is 4.78. The summed E-state index contributed by atoms with van der Waals surface area (Å²) in [6, 6.07) is 8.61. The van der Waals surface area contributed by atoms with Gasteiger partial charge < -0.3 is 14.7 Å². The lowest BCUT2D eigenvalue weighted by Gasteiger charge is -2.17. The number of amides is 2. The highest BCUT2D eigenvalue weighted by Crippen LogP contribution is 2.09. The molecule has 0 atom stereocenters. The Morgan fingerprint density at radius 3 is 2.81 bits per heavy atom. The number of carbonyl (C=O) groups excluding carboxylic acids is 2. The number of nitrogens with zero attached hydrogens (tertiary/aromatic N) is 4. The molecule has 3 aromatic rings. The van der Waals surface area contributed by atoms with Crippen LogP contribution in [-0.4, -0.2) is 45.0 Å². The zero-order valence-corrected chi connectivity index (χ0v) is 14.3. The maximum absolute atomic E-state index is 12.4. The number of anilines is 1. The third-order valence-electron chi connectivity index (χ3n) is 3.75. The van der Waals surface area contributed by atoms with Crippen molar-refractivity contribution in [2.24, 2.45) is 0 Å². The predicted molar refractivity (Wildman–Crippen MR) is 93.5 cm³/mol. The molecule has 0 radical (unpaired) electrons. The van der Waals surface area contributed by atoms with E-state index < -0.39 is 5.91 Å². The second-order valence-corrected chi connectivity index (χ2v) is 5.79. The number of aryl methyl sites for hydroxylation is 1. The van der Waals surface area contributed by atoms with E-state index in [4.69, 9.17) is 4.52 Å². The standard InChI is InChI=1S/C17H17N5O4/c1-11-7-14(20-26-11)19-15(23)9-21(2)17(25)10-22-13-6-4-3-5-12(13)18-8-16(22)24/h3-8H,9-10H2,1-2H3,(H,19,20,23). The predicted octanol–water partition coefficient (Wildman–Crippen LogP) is 0.790.